The number of hydrazine groups is 1. The number of amides is 1. The molecule has 2 rings (SSSR count). The summed E-state index contributed by atoms with van der Waals surface area (Å²) in [6, 6.07) is 0.544. The molecule has 0 spiro atoms. The molecule has 3 unspecified atom stereocenters. The zero-order chi connectivity index (χ0) is 9.14. The van der Waals surface area contributed by atoms with Crippen LogP contribution in [-0.2, 0) is 4.79 Å². The molecule has 2 heterocycles. The Balaban J connectivity index is 0.000000336. The van der Waals surface area contributed by atoms with Crippen molar-refractivity contribution in [2.75, 3.05) is 6.54 Å². The van der Waals surface area contributed by atoms with Crippen LogP contribution in [0.2, 0.25) is 0 Å². The molecule has 3 nitrogen and oxygen atoms in total. The summed E-state index contributed by atoms with van der Waals surface area (Å²) in [7, 11) is 0. The Morgan fingerprint density at radius 1 is 1.42 bits per heavy atom. The first-order valence-corrected chi connectivity index (χ1v) is 4.84. The SMILES string of the molecule is CC.CC1CCC2CN1NC2=O. The summed E-state index contributed by atoms with van der Waals surface area (Å²) >= 11 is 0. The number of carbonyl (C=O) groups excluding carboxylic acids is 1. The minimum atomic E-state index is 0.226. The van der Waals surface area contributed by atoms with Crippen LogP contribution in [0, 0.1) is 5.92 Å². The van der Waals surface area contributed by atoms with Gasteiger partial charge in [0.2, 0.25) is 5.91 Å². The third kappa shape index (κ3) is 1.61. The molecule has 0 aromatic carbocycles. The molecule has 12 heavy (non-hydrogen) atoms. The van der Waals surface area contributed by atoms with E-state index < -0.39 is 0 Å². The van der Waals surface area contributed by atoms with Crippen molar-refractivity contribution in [2.45, 2.75) is 39.7 Å². The quantitative estimate of drug-likeness (QED) is 0.591. The van der Waals surface area contributed by atoms with Crippen LogP contribution in [0.1, 0.15) is 33.6 Å². The monoisotopic (exact) mass is 170 g/mol. The van der Waals surface area contributed by atoms with Crippen LogP contribution in [0.25, 0.3) is 0 Å². The maximum Gasteiger partial charge on any atom is 0.238 e. The number of nitrogens with zero attached hydrogens (tertiary/aromatic N) is 1. The van der Waals surface area contributed by atoms with E-state index in [4.69, 9.17) is 0 Å². The third-order valence-corrected chi connectivity index (χ3v) is 2.51. The lowest BCUT2D eigenvalue weighted by Gasteiger charge is -2.26. The fraction of sp³-hybridized carbons (Fsp3) is 0.889. The van der Waals surface area contributed by atoms with E-state index in [0.29, 0.717) is 6.04 Å². The number of piperidine rings is 1. The van der Waals surface area contributed by atoms with Crippen molar-refractivity contribution in [1.82, 2.24) is 10.4 Å². The van der Waals surface area contributed by atoms with Crippen LogP contribution in [0.4, 0.5) is 0 Å². The molecule has 2 saturated heterocycles. The van der Waals surface area contributed by atoms with E-state index in [2.05, 4.69) is 17.4 Å². The molecule has 3 heteroatoms. The van der Waals surface area contributed by atoms with Gasteiger partial charge >= 0.3 is 0 Å². The van der Waals surface area contributed by atoms with Gasteiger partial charge in [-0.1, -0.05) is 13.8 Å². The number of hydrogen-bond donors (Lipinski definition) is 1. The number of rotatable bonds is 0. The van der Waals surface area contributed by atoms with Crippen molar-refractivity contribution >= 4 is 5.91 Å². The summed E-state index contributed by atoms with van der Waals surface area (Å²) in [5.41, 5.74) is 2.86. The lowest BCUT2D eigenvalue weighted by Crippen LogP contribution is -2.40. The molecule has 0 radical (unpaired) electrons. The molecule has 2 aliphatic heterocycles. The maximum absolute atomic E-state index is 11.0. The van der Waals surface area contributed by atoms with Crippen LogP contribution >= 0.6 is 0 Å². The van der Waals surface area contributed by atoms with Crippen LogP contribution in [-0.4, -0.2) is 23.5 Å². The van der Waals surface area contributed by atoms with E-state index in [1.54, 1.807) is 0 Å². The molecule has 3 atom stereocenters. The normalized spacial score (nSPS) is 38.2. The molecule has 0 saturated carbocycles. The minimum absolute atomic E-state index is 0.226. The van der Waals surface area contributed by atoms with Gasteiger partial charge < -0.3 is 0 Å². The highest BCUT2D eigenvalue weighted by Crippen LogP contribution is 2.24. The molecular weight excluding hydrogens is 152 g/mol. The molecule has 70 valence electrons. The third-order valence-electron chi connectivity index (χ3n) is 2.51. The van der Waals surface area contributed by atoms with Crippen molar-refractivity contribution in [1.29, 1.82) is 0 Å². The molecule has 1 amide bonds. The Bertz CT molecular complexity index is 170. The second-order valence-corrected chi connectivity index (χ2v) is 3.25. The summed E-state index contributed by atoms with van der Waals surface area (Å²) in [4.78, 5) is 11.0. The van der Waals surface area contributed by atoms with Crippen molar-refractivity contribution < 1.29 is 4.79 Å². The largest absolute Gasteiger partial charge is 0.288 e. The number of hydrogen-bond acceptors (Lipinski definition) is 2. The Morgan fingerprint density at radius 2 is 2.08 bits per heavy atom. The van der Waals surface area contributed by atoms with E-state index >= 15 is 0 Å². The molecule has 2 fully saturated rings. The lowest BCUT2D eigenvalue weighted by atomic mass is 9.97. The summed E-state index contributed by atoms with van der Waals surface area (Å²) in [5.74, 6) is 0.514. The number of nitrogens with one attached hydrogen (secondary N) is 1. The summed E-state index contributed by atoms with van der Waals surface area (Å²) in [6.45, 7) is 7.09. The standard InChI is InChI=1S/C7H12N2O.C2H6/c1-5-2-3-6-4-9(5)8-7(6)10;1-2/h5-6H,2-4H2,1H3,(H,8,10);1-2H3. The highest BCUT2D eigenvalue weighted by Gasteiger charge is 2.36. The molecule has 2 bridgehead atoms. The molecule has 0 aromatic rings. The molecule has 2 aliphatic rings. The molecule has 0 aliphatic carbocycles. The summed E-state index contributed by atoms with van der Waals surface area (Å²) < 4.78 is 0. The molecule has 0 aromatic heterocycles. The van der Waals surface area contributed by atoms with Crippen molar-refractivity contribution in [2.24, 2.45) is 5.92 Å². The number of fused-ring (bicyclic) bond motifs is 2. The van der Waals surface area contributed by atoms with Crippen molar-refractivity contribution in [3.8, 4) is 0 Å². The topological polar surface area (TPSA) is 32.3 Å². The van der Waals surface area contributed by atoms with Crippen LogP contribution in [0.3, 0.4) is 0 Å². The van der Waals surface area contributed by atoms with E-state index in [9.17, 15) is 4.79 Å². The van der Waals surface area contributed by atoms with Crippen molar-refractivity contribution in [3.63, 3.8) is 0 Å². The van der Waals surface area contributed by atoms with Gasteiger partial charge in [-0.3, -0.25) is 10.2 Å². The van der Waals surface area contributed by atoms with E-state index in [1.807, 2.05) is 13.8 Å². The van der Waals surface area contributed by atoms with Gasteiger partial charge in [-0.2, -0.15) is 0 Å². The highest BCUT2D eigenvalue weighted by atomic mass is 16.2. The van der Waals surface area contributed by atoms with E-state index in [-0.39, 0.29) is 11.8 Å². The maximum atomic E-state index is 11.0. The second kappa shape index (κ2) is 3.90. The van der Waals surface area contributed by atoms with Gasteiger partial charge in [-0.05, 0) is 19.8 Å². The Morgan fingerprint density at radius 3 is 2.67 bits per heavy atom. The second-order valence-electron chi connectivity index (χ2n) is 3.25. The first kappa shape index (κ1) is 9.52. The molecular formula is C9H18N2O. The van der Waals surface area contributed by atoms with Crippen LogP contribution in [0.5, 0.6) is 0 Å². The van der Waals surface area contributed by atoms with Gasteiger partial charge in [-0.15, -0.1) is 0 Å². The fourth-order valence-corrected chi connectivity index (χ4v) is 1.71. The van der Waals surface area contributed by atoms with Crippen molar-refractivity contribution in [3.05, 3.63) is 0 Å². The fourth-order valence-electron chi connectivity index (χ4n) is 1.71. The first-order valence-electron chi connectivity index (χ1n) is 4.84. The van der Waals surface area contributed by atoms with Gasteiger partial charge in [0, 0.05) is 12.6 Å². The van der Waals surface area contributed by atoms with Gasteiger partial charge in [0.25, 0.3) is 0 Å². The zero-order valence-corrected chi connectivity index (χ0v) is 8.13. The van der Waals surface area contributed by atoms with Gasteiger partial charge in [0.1, 0.15) is 0 Å². The van der Waals surface area contributed by atoms with Crippen LogP contribution in [0.15, 0.2) is 0 Å². The van der Waals surface area contributed by atoms with Gasteiger partial charge in [-0.25, -0.2) is 5.01 Å². The average Bonchev–Trinajstić information content (AvgIpc) is 2.41. The first-order chi connectivity index (χ1) is 5.77. The zero-order valence-electron chi connectivity index (χ0n) is 8.13. The smallest absolute Gasteiger partial charge is 0.238 e. The molecule has 1 N–H and O–H groups in total. The van der Waals surface area contributed by atoms with E-state index in [1.165, 1.54) is 0 Å². The van der Waals surface area contributed by atoms with Gasteiger partial charge in [0.05, 0.1) is 5.92 Å². The predicted molar refractivity (Wildman–Crippen MR) is 48.4 cm³/mol. The van der Waals surface area contributed by atoms with Crippen LogP contribution < -0.4 is 5.43 Å². The predicted octanol–water partition coefficient (Wildman–Crippen LogP) is 1.16. The number of carbonyl (C=O) groups is 1. The lowest BCUT2D eigenvalue weighted by molar-refractivity contribution is -0.123. The summed E-state index contributed by atoms with van der Waals surface area (Å²) in [6.07, 6.45) is 2.23. The van der Waals surface area contributed by atoms with E-state index in [0.717, 1.165) is 19.4 Å². The van der Waals surface area contributed by atoms with Gasteiger partial charge in [0.15, 0.2) is 0 Å². The summed E-state index contributed by atoms with van der Waals surface area (Å²) in [5, 5.41) is 2.05. The minimum Gasteiger partial charge on any atom is -0.288 e. The Labute approximate surface area is 74.1 Å². The highest BCUT2D eigenvalue weighted by molar-refractivity contribution is 5.80. The average molecular weight is 170 g/mol. The Hall–Kier alpha value is -0.570. The Kier molecular flexibility index (Phi) is 3.09.